The first-order valence-electron chi connectivity index (χ1n) is 4.22. The number of rotatable bonds is 2. The summed E-state index contributed by atoms with van der Waals surface area (Å²) in [4.78, 5) is 11.3. The monoisotopic (exact) mass is 183 g/mol. The van der Waals surface area contributed by atoms with Gasteiger partial charge in [0.1, 0.15) is 4.75 Å². The van der Waals surface area contributed by atoms with E-state index in [-0.39, 0.29) is 10.7 Å². The summed E-state index contributed by atoms with van der Waals surface area (Å²) in [6, 6.07) is 0. The molecule has 1 amide bonds. The smallest absolute Gasteiger partial charge is 0.234 e. The highest BCUT2D eigenvalue weighted by Crippen LogP contribution is 2.52. The van der Waals surface area contributed by atoms with Gasteiger partial charge in [-0.15, -0.1) is 11.8 Å². The third-order valence-electron chi connectivity index (χ3n) is 3.12. The summed E-state index contributed by atoms with van der Waals surface area (Å²) in [6.45, 7) is 0. The van der Waals surface area contributed by atoms with Crippen molar-refractivity contribution < 1.29 is 4.79 Å². The first-order valence-corrected chi connectivity index (χ1v) is 5.45. The van der Waals surface area contributed by atoms with Crippen molar-refractivity contribution in [2.75, 3.05) is 6.26 Å². The summed E-state index contributed by atoms with van der Waals surface area (Å²) in [7, 11) is 0. The highest BCUT2D eigenvalue weighted by molar-refractivity contribution is 8.00. The second-order valence-corrected chi connectivity index (χ2v) is 4.79. The van der Waals surface area contributed by atoms with Crippen LogP contribution in [0.4, 0.5) is 0 Å². The van der Waals surface area contributed by atoms with E-state index >= 15 is 0 Å². The van der Waals surface area contributed by atoms with E-state index in [1.165, 1.54) is 0 Å². The van der Waals surface area contributed by atoms with E-state index in [0.717, 1.165) is 12.8 Å². The SMILES string of the molecule is CS[C@]1(C(N)=O)C[C@@H]2C=C[C@H]1C2. The van der Waals surface area contributed by atoms with Crippen molar-refractivity contribution in [2.24, 2.45) is 17.6 Å². The molecule has 0 saturated heterocycles. The number of allylic oxidation sites excluding steroid dienone is 2. The maximum absolute atomic E-state index is 11.3. The van der Waals surface area contributed by atoms with Gasteiger partial charge in [-0.1, -0.05) is 12.2 Å². The molecule has 1 fully saturated rings. The lowest BCUT2D eigenvalue weighted by Gasteiger charge is -2.29. The van der Waals surface area contributed by atoms with Gasteiger partial charge in [-0.2, -0.15) is 0 Å². The van der Waals surface area contributed by atoms with Crippen LogP contribution in [0, 0.1) is 11.8 Å². The fourth-order valence-electron chi connectivity index (χ4n) is 2.43. The number of hydrogen-bond acceptors (Lipinski definition) is 2. The zero-order valence-electron chi connectivity index (χ0n) is 7.12. The summed E-state index contributed by atoms with van der Waals surface area (Å²) in [5.41, 5.74) is 5.44. The van der Waals surface area contributed by atoms with E-state index in [0.29, 0.717) is 11.8 Å². The second-order valence-electron chi connectivity index (χ2n) is 3.65. The largest absolute Gasteiger partial charge is 0.368 e. The summed E-state index contributed by atoms with van der Waals surface area (Å²) < 4.78 is -0.278. The molecular weight excluding hydrogens is 170 g/mol. The van der Waals surface area contributed by atoms with Gasteiger partial charge in [0, 0.05) is 5.92 Å². The Hall–Kier alpha value is -0.440. The molecule has 0 spiro atoms. The number of fused-ring (bicyclic) bond motifs is 2. The topological polar surface area (TPSA) is 43.1 Å². The first-order chi connectivity index (χ1) is 5.69. The molecule has 1 saturated carbocycles. The van der Waals surface area contributed by atoms with Crippen LogP contribution >= 0.6 is 11.8 Å². The molecule has 0 aromatic heterocycles. The molecule has 2 aliphatic carbocycles. The van der Waals surface area contributed by atoms with E-state index in [9.17, 15) is 4.79 Å². The first kappa shape index (κ1) is 8.17. The molecule has 0 heterocycles. The number of primary amides is 1. The normalized spacial score (nSPS) is 43.8. The molecule has 2 bridgehead atoms. The Morgan fingerprint density at radius 1 is 1.67 bits per heavy atom. The minimum atomic E-state index is -0.278. The average Bonchev–Trinajstić information content (AvgIpc) is 2.62. The molecule has 2 N–H and O–H groups in total. The van der Waals surface area contributed by atoms with E-state index in [1.54, 1.807) is 11.8 Å². The highest BCUT2D eigenvalue weighted by Gasteiger charge is 2.51. The van der Waals surface area contributed by atoms with Crippen LogP contribution in [-0.2, 0) is 4.79 Å². The van der Waals surface area contributed by atoms with E-state index < -0.39 is 0 Å². The number of carbonyl (C=O) groups excluding carboxylic acids is 1. The van der Waals surface area contributed by atoms with Crippen molar-refractivity contribution >= 4 is 17.7 Å². The van der Waals surface area contributed by atoms with E-state index in [2.05, 4.69) is 12.2 Å². The van der Waals surface area contributed by atoms with Gasteiger partial charge in [-0.3, -0.25) is 4.79 Å². The van der Waals surface area contributed by atoms with Crippen LogP contribution in [0.2, 0.25) is 0 Å². The van der Waals surface area contributed by atoms with Crippen LogP contribution in [0.3, 0.4) is 0 Å². The van der Waals surface area contributed by atoms with Gasteiger partial charge in [0.15, 0.2) is 0 Å². The lowest BCUT2D eigenvalue weighted by Crippen LogP contribution is -2.43. The molecular formula is C9H13NOS. The van der Waals surface area contributed by atoms with Crippen LogP contribution in [0.15, 0.2) is 12.2 Å². The number of hydrogen-bond donors (Lipinski definition) is 1. The maximum Gasteiger partial charge on any atom is 0.234 e. The fourth-order valence-corrected chi connectivity index (χ4v) is 3.49. The zero-order valence-corrected chi connectivity index (χ0v) is 7.93. The third kappa shape index (κ3) is 0.859. The van der Waals surface area contributed by atoms with Gasteiger partial charge in [0.2, 0.25) is 5.91 Å². The van der Waals surface area contributed by atoms with Crippen LogP contribution < -0.4 is 5.73 Å². The predicted molar refractivity (Wildman–Crippen MR) is 50.8 cm³/mol. The Morgan fingerprint density at radius 2 is 2.42 bits per heavy atom. The molecule has 3 heteroatoms. The molecule has 0 aromatic carbocycles. The third-order valence-corrected chi connectivity index (χ3v) is 4.52. The van der Waals surface area contributed by atoms with Crippen molar-refractivity contribution in [1.29, 1.82) is 0 Å². The summed E-state index contributed by atoms with van der Waals surface area (Å²) in [5.74, 6) is 0.872. The van der Waals surface area contributed by atoms with Gasteiger partial charge in [0.25, 0.3) is 0 Å². The highest BCUT2D eigenvalue weighted by atomic mass is 32.2. The van der Waals surface area contributed by atoms with Gasteiger partial charge in [-0.05, 0) is 25.0 Å². The minimum absolute atomic E-state index is 0.133. The van der Waals surface area contributed by atoms with Crippen molar-refractivity contribution in [3.05, 3.63) is 12.2 Å². The lowest BCUT2D eigenvalue weighted by atomic mass is 9.92. The fraction of sp³-hybridized carbons (Fsp3) is 0.667. The van der Waals surface area contributed by atoms with Gasteiger partial charge >= 0.3 is 0 Å². The molecule has 2 nitrogen and oxygen atoms in total. The molecule has 12 heavy (non-hydrogen) atoms. The molecule has 0 aliphatic heterocycles. The minimum Gasteiger partial charge on any atom is -0.368 e. The zero-order chi connectivity index (χ0) is 8.77. The van der Waals surface area contributed by atoms with Crippen molar-refractivity contribution in [2.45, 2.75) is 17.6 Å². The Labute approximate surface area is 76.6 Å². The van der Waals surface area contributed by atoms with Crippen LogP contribution in [0.25, 0.3) is 0 Å². The van der Waals surface area contributed by atoms with Crippen LogP contribution in [0.5, 0.6) is 0 Å². The molecule has 0 unspecified atom stereocenters. The standard InChI is InChI=1S/C9H13NOS/c1-12-9(8(10)11)5-6-2-3-7(9)4-6/h2-3,6-7H,4-5H2,1H3,(H2,10,11)/t6-,7+,9-/m1/s1. The van der Waals surface area contributed by atoms with Crippen molar-refractivity contribution in [3.63, 3.8) is 0 Å². The second kappa shape index (κ2) is 2.52. The summed E-state index contributed by atoms with van der Waals surface area (Å²) >= 11 is 1.63. The number of thioether (sulfide) groups is 1. The molecule has 2 rings (SSSR count). The summed E-state index contributed by atoms with van der Waals surface area (Å²) in [6.07, 6.45) is 8.45. The van der Waals surface area contributed by atoms with Gasteiger partial charge in [0.05, 0.1) is 0 Å². The van der Waals surface area contributed by atoms with Gasteiger partial charge in [-0.25, -0.2) is 0 Å². The predicted octanol–water partition coefficient (Wildman–Crippen LogP) is 1.17. The van der Waals surface area contributed by atoms with Crippen LogP contribution in [-0.4, -0.2) is 16.9 Å². The number of carbonyl (C=O) groups is 1. The van der Waals surface area contributed by atoms with Crippen molar-refractivity contribution in [1.82, 2.24) is 0 Å². The molecule has 3 atom stereocenters. The molecule has 0 radical (unpaired) electrons. The Balaban J connectivity index is 2.31. The van der Waals surface area contributed by atoms with E-state index in [4.69, 9.17) is 5.73 Å². The number of nitrogens with two attached hydrogens (primary N) is 1. The summed E-state index contributed by atoms with van der Waals surface area (Å²) in [5, 5.41) is 0. The number of amides is 1. The Morgan fingerprint density at radius 3 is 2.67 bits per heavy atom. The molecule has 0 aromatic rings. The molecule has 2 aliphatic rings. The maximum atomic E-state index is 11.3. The molecule has 66 valence electrons. The average molecular weight is 183 g/mol. The lowest BCUT2D eigenvalue weighted by molar-refractivity contribution is -0.120. The van der Waals surface area contributed by atoms with Gasteiger partial charge < -0.3 is 5.73 Å². The Bertz CT molecular complexity index is 251. The van der Waals surface area contributed by atoms with E-state index in [1.807, 2.05) is 6.26 Å². The Kier molecular flexibility index (Phi) is 1.72. The quantitative estimate of drug-likeness (QED) is 0.653. The van der Waals surface area contributed by atoms with Crippen LogP contribution in [0.1, 0.15) is 12.8 Å². The van der Waals surface area contributed by atoms with Crippen molar-refractivity contribution in [3.8, 4) is 0 Å².